The minimum atomic E-state index is -0.301. The second-order valence-corrected chi connectivity index (χ2v) is 4.21. The van der Waals surface area contributed by atoms with Crippen LogP contribution in [-0.2, 0) is 0 Å². The van der Waals surface area contributed by atoms with E-state index in [0.29, 0.717) is 13.0 Å². The van der Waals surface area contributed by atoms with Crippen LogP contribution in [0.25, 0.3) is 0 Å². The lowest BCUT2D eigenvalue weighted by molar-refractivity contribution is 0.293. The van der Waals surface area contributed by atoms with Crippen molar-refractivity contribution >= 4 is 5.71 Å². The number of hydrogen-bond donors (Lipinski definition) is 3. The summed E-state index contributed by atoms with van der Waals surface area (Å²) >= 11 is 0. The Morgan fingerprint density at radius 2 is 2.10 bits per heavy atom. The quantitative estimate of drug-likeness (QED) is 0.297. The van der Waals surface area contributed by atoms with Gasteiger partial charge in [0, 0.05) is 6.42 Å². The van der Waals surface area contributed by atoms with Gasteiger partial charge in [0.1, 0.15) is 5.82 Å². The van der Waals surface area contributed by atoms with Gasteiger partial charge < -0.3 is 16.3 Å². The number of rotatable bonds is 8. The van der Waals surface area contributed by atoms with E-state index in [1.54, 1.807) is 24.3 Å². The van der Waals surface area contributed by atoms with Crippen molar-refractivity contribution in [3.8, 4) is 0 Å². The molecule has 0 aliphatic carbocycles. The lowest BCUT2D eigenvalue weighted by Gasteiger charge is -2.09. The highest BCUT2D eigenvalue weighted by Gasteiger charge is 2.06. The van der Waals surface area contributed by atoms with E-state index in [2.05, 4.69) is 17.1 Å². The molecule has 0 amide bonds. The number of hydrazone groups is 1. The second-order valence-electron chi connectivity index (χ2n) is 4.21. The summed E-state index contributed by atoms with van der Waals surface area (Å²) in [6.07, 6.45) is 7.20. The van der Waals surface area contributed by atoms with Gasteiger partial charge in [-0.1, -0.05) is 30.9 Å². The maximum absolute atomic E-state index is 13.0. The van der Waals surface area contributed by atoms with Crippen LogP contribution >= 0.6 is 0 Å². The largest absolute Gasteiger partial charge is 0.405 e. The molecule has 112 valence electrons. The van der Waals surface area contributed by atoms with E-state index >= 15 is 0 Å². The molecule has 0 bridgehead atoms. The molecule has 1 aromatic carbocycles. The predicted octanol–water partition coefficient (Wildman–Crippen LogP) is 2.09. The highest BCUT2D eigenvalue weighted by atomic mass is 19.1. The Morgan fingerprint density at radius 3 is 2.67 bits per heavy atom. The number of benzene rings is 1. The van der Waals surface area contributed by atoms with Crippen molar-refractivity contribution in [3.05, 3.63) is 72.2 Å². The molecule has 0 saturated heterocycles. The fraction of sp³-hybridized carbons (Fsp3) is 0.188. The number of hydrogen-bond acceptors (Lipinski definition) is 4. The number of aliphatic hydroxyl groups is 1. The monoisotopic (exact) mass is 289 g/mol. The lowest BCUT2D eigenvalue weighted by Crippen LogP contribution is -2.15. The van der Waals surface area contributed by atoms with Crippen LogP contribution in [0.4, 0.5) is 4.39 Å². The average Bonchev–Trinajstić information content (AvgIpc) is 2.48. The highest BCUT2D eigenvalue weighted by Crippen LogP contribution is 2.13. The van der Waals surface area contributed by atoms with Gasteiger partial charge in [-0.3, -0.25) is 0 Å². The van der Waals surface area contributed by atoms with Crippen molar-refractivity contribution in [2.24, 2.45) is 10.8 Å². The number of allylic oxidation sites excluding steroid dienone is 4. The zero-order chi connectivity index (χ0) is 15.5. The maximum Gasteiger partial charge on any atom is 0.123 e. The molecule has 0 aliphatic heterocycles. The van der Waals surface area contributed by atoms with Gasteiger partial charge in [0.15, 0.2) is 0 Å². The van der Waals surface area contributed by atoms with Gasteiger partial charge in [0.25, 0.3) is 0 Å². The van der Waals surface area contributed by atoms with Crippen LogP contribution in [0.1, 0.15) is 12.0 Å². The molecular formula is C16H20FN3O. The molecule has 0 aliphatic rings. The molecule has 1 rings (SSSR count). The van der Waals surface area contributed by atoms with Gasteiger partial charge in [0.2, 0.25) is 0 Å². The van der Waals surface area contributed by atoms with Crippen molar-refractivity contribution in [2.75, 3.05) is 13.2 Å². The Morgan fingerprint density at radius 1 is 1.38 bits per heavy atom. The average molecular weight is 289 g/mol. The Bertz CT molecular complexity index is 533. The van der Waals surface area contributed by atoms with E-state index in [1.165, 1.54) is 18.3 Å². The number of nitrogens with one attached hydrogen (secondary N) is 1. The number of nitrogens with zero attached hydrogens (tertiary/aromatic N) is 1. The third kappa shape index (κ3) is 6.05. The first-order valence-corrected chi connectivity index (χ1v) is 6.57. The van der Waals surface area contributed by atoms with Crippen LogP contribution in [0.2, 0.25) is 0 Å². The number of halogens is 1. The molecule has 0 saturated carbocycles. The molecule has 0 fully saturated rings. The van der Waals surface area contributed by atoms with Crippen molar-refractivity contribution < 1.29 is 9.50 Å². The first-order chi connectivity index (χ1) is 10.2. The van der Waals surface area contributed by atoms with Gasteiger partial charge in [0.05, 0.1) is 18.9 Å². The molecule has 0 radical (unpaired) electrons. The molecule has 0 atom stereocenters. The zero-order valence-electron chi connectivity index (χ0n) is 11.8. The lowest BCUT2D eigenvalue weighted by atomic mass is 10.0. The van der Waals surface area contributed by atoms with E-state index in [0.717, 1.165) is 16.8 Å². The maximum atomic E-state index is 13.0. The SMILES string of the molecule is C=C/C=C(\C=C/N)CC(=NNCCO)c1ccc(F)cc1. The summed E-state index contributed by atoms with van der Waals surface area (Å²) in [6.45, 7) is 3.99. The normalized spacial score (nSPS) is 12.7. The van der Waals surface area contributed by atoms with Crippen molar-refractivity contribution in [1.29, 1.82) is 0 Å². The van der Waals surface area contributed by atoms with Gasteiger partial charge in [-0.15, -0.1) is 0 Å². The van der Waals surface area contributed by atoms with E-state index in [9.17, 15) is 4.39 Å². The summed E-state index contributed by atoms with van der Waals surface area (Å²) in [7, 11) is 0. The molecule has 4 nitrogen and oxygen atoms in total. The Balaban J connectivity index is 3.01. The first kappa shape index (κ1) is 16.7. The zero-order valence-corrected chi connectivity index (χ0v) is 11.8. The molecule has 0 spiro atoms. The molecule has 0 heterocycles. The van der Waals surface area contributed by atoms with E-state index in [4.69, 9.17) is 10.8 Å². The van der Waals surface area contributed by atoms with E-state index in [-0.39, 0.29) is 12.4 Å². The fourth-order valence-corrected chi connectivity index (χ4v) is 1.69. The standard InChI is InChI=1S/C16H20FN3O/c1-2-3-13(8-9-18)12-16(20-19-10-11-21)14-4-6-15(17)7-5-14/h2-9,19,21H,1,10-12,18H2/b9-8-,13-3+,20-16?. The Hall–Kier alpha value is -2.40. The van der Waals surface area contributed by atoms with Crippen LogP contribution in [0.5, 0.6) is 0 Å². The van der Waals surface area contributed by atoms with Crippen LogP contribution in [0, 0.1) is 5.82 Å². The molecule has 5 heteroatoms. The van der Waals surface area contributed by atoms with Crippen molar-refractivity contribution in [2.45, 2.75) is 6.42 Å². The highest BCUT2D eigenvalue weighted by molar-refractivity contribution is 6.02. The van der Waals surface area contributed by atoms with Crippen LogP contribution in [0.15, 0.2) is 65.9 Å². The predicted molar refractivity (Wildman–Crippen MR) is 84.2 cm³/mol. The summed E-state index contributed by atoms with van der Waals surface area (Å²) in [6, 6.07) is 6.08. The Kier molecular flexibility index (Phi) is 7.53. The summed E-state index contributed by atoms with van der Waals surface area (Å²) < 4.78 is 13.0. The fourth-order valence-electron chi connectivity index (χ4n) is 1.69. The Labute approximate surface area is 124 Å². The van der Waals surface area contributed by atoms with E-state index in [1.807, 2.05) is 6.08 Å². The molecule has 4 N–H and O–H groups in total. The molecular weight excluding hydrogens is 269 g/mol. The minimum Gasteiger partial charge on any atom is -0.405 e. The third-order valence-electron chi connectivity index (χ3n) is 2.63. The van der Waals surface area contributed by atoms with Gasteiger partial charge in [-0.05, 0) is 35.5 Å². The summed E-state index contributed by atoms with van der Waals surface area (Å²) in [4.78, 5) is 0. The summed E-state index contributed by atoms with van der Waals surface area (Å²) in [5, 5.41) is 13.1. The minimum absolute atomic E-state index is 0.0156. The van der Waals surface area contributed by atoms with Crippen molar-refractivity contribution in [3.63, 3.8) is 0 Å². The van der Waals surface area contributed by atoms with Gasteiger partial charge in [-0.2, -0.15) is 5.10 Å². The summed E-state index contributed by atoms with van der Waals surface area (Å²) in [5.41, 5.74) is 10.6. The molecule has 21 heavy (non-hydrogen) atoms. The van der Waals surface area contributed by atoms with E-state index < -0.39 is 0 Å². The number of aliphatic hydroxyl groups excluding tert-OH is 1. The number of nitrogens with two attached hydrogens (primary N) is 1. The van der Waals surface area contributed by atoms with Crippen LogP contribution < -0.4 is 11.2 Å². The van der Waals surface area contributed by atoms with Gasteiger partial charge in [-0.25, -0.2) is 4.39 Å². The van der Waals surface area contributed by atoms with Crippen LogP contribution in [0.3, 0.4) is 0 Å². The summed E-state index contributed by atoms with van der Waals surface area (Å²) in [5.74, 6) is -0.301. The molecule has 0 unspecified atom stereocenters. The van der Waals surface area contributed by atoms with Gasteiger partial charge >= 0.3 is 0 Å². The second kappa shape index (κ2) is 9.50. The first-order valence-electron chi connectivity index (χ1n) is 6.57. The van der Waals surface area contributed by atoms with Crippen LogP contribution in [-0.4, -0.2) is 24.0 Å². The molecule has 0 aromatic heterocycles. The molecule has 1 aromatic rings. The topological polar surface area (TPSA) is 70.6 Å². The smallest absolute Gasteiger partial charge is 0.123 e. The van der Waals surface area contributed by atoms with Crippen molar-refractivity contribution in [1.82, 2.24) is 5.43 Å². The third-order valence-corrected chi connectivity index (χ3v) is 2.63.